The first-order valence-corrected chi connectivity index (χ1v) is 8.41. The normalized spacial score (nSPS) is 23.8. The topological polar surface area (TPSA) is 68.6 Å². The van der Waals surface area contributed by atoms with E-state index >= 15 is 0 Å². The van der Waals surface area contributed by atoms with Gasteiger partial charge in [-0.15, -0.1) is 0 Å². The molecule has 0 saturated carbocycles. The lowest BCUT2D eigenvalue weighted by atomic mass is 9.98. The number of hydrogen-bond acceptors (Lipinski definition) is 4. The molecule has 0 radical (unpaired) electrons. The number of amides is 2. The molecule has 2 atom stereocenters. The molecule has 2 aliphatic rings. The van der Waals surface area contributed by atoms with Crippen LogP contribution in [0.5, 0.6) is 5.75 Å². The first-order valence-electron chi connectivity index (χ1n) is 8.41. The molecule has 2 heterocycles. The number of ether oxygens (including phenoxy) is 1. The average molecular weight is 328 g/mol. The number of nitrogens with one attached hydrogen (secondary N) is 1. The molecule has 0 bridgehead atoms. The maximum absolute atomic E-state index is 12.2. The molecule has 3 rings (SSSR count). The average Bonchev–Trinajstić information content (AvgIpc) is 2.89. The minimum Gasteiger partial charge on any atom is -0.496 e. The van der Waals surface area contributed by atoms with Crippen molar-refractivity contribution >= 4 is 6.03 Å². The summed E-state index contributed by atoms with van der Waals surface area (Å²) in [4.78, 5) is 16.5. The van der Waals surface area contributed by atoms with Crippen molar-refractivity contribution in [2.75, 3.05) is 20.2 Å². The van der Waals surface area contributed by atoms with E-state index in [2.05, 4.69) is 30.1 Å². The molecule has 0 spiro atoms. The molecule has 2 aliphatic heterocycles. The molecular weight excluding hydrogens is 304 g/mol. The Morgan fingerprint density at radius 1 is 1.46 bits per heavy atom. The zero-order valence-corrected chi connectivity index (χ0v) is 14.5. The van der Waals surface area contributed by atoms with E-state index in [1.54, 1.807) is 13.2 Å². The van der Waals surface area contributed by atoms with Gasteiger partial charge in [-0.25, -0.2) is 4.79 Å². The van der Waals surface area contributed by atoms with Crippen molar-refractivity contribution in [3.63, 3.8) is 0 Å². The second-order valence-electron chi connectivity index (χ2n) is 6.79. The van der Waals surface area contributed by atoms with E-state index in [-0.39, 0.29) is 24.2 Å². The third kappa shape index (κ3) is 3.04. The van der Waals surface area contributed by atoms with Gasteiger partial charge in [0.15, 0.2) is 0 Å². The second kappa shape index (κ2) is 6.70. The molecule has 2 fully saturated rings. The fraction of sp³-hybridized carbons (Fsp3) is 0.556. The van der Waals surface area contributed by atoms with Gasteiger partial charge in [0.2, 0.25) is 0 Å². The molecule has 0 unspecified atom stereocenters. The number of methoxy groups -OCH3 is 1. The highest BCUT2D eigenvalue weighted by Gasteiger charge is 2.43. The number of carbonyl (C=O) groups is 1. The third-order valence-electron chi connectivity index (χ3n) is 4.92. The number of likely N-dealkylation sites (tertiary alicyclic amines) is 1. The quantitative estimate of drug-likeness (QED) is 0.917. The monoisotopic (exact) mass is 328 g/mol. The van der Waals surface area contributed by atoms with Crippen LogP contribution in [0.25, 0.3) is 0 Å². The van der Waals surface area contributed by atoms with Gasteiger partial charge in [0.05, 0.1) is 30.8 Å². The van der Waals surface area contributed by atoms with Gasteiger partial charge in [0.1, 0.15) is 5.75 Å². The summed E-state index contributed by atoms with van der Waals surface area (Å²) < 4.78 is 5.42. The molecule has 1 aromatic carbocycles. The summed E-state index contributed by atoms with van der Waals surface area (Å²) >= 11 is 0. The fourth-order valence-electron chi connectivity index (χ4n) is 3.84. The fourth-order valence-corrected chi connectivity index (χ4v) is 3.84. The summed E-state index contributed by atoms with van der Waals surface area (Å²) in [7, 11) is 1.65. The maximum Gasteiger partial charge on any atom is 0.318 e. The summed E-state index contributed by atoms with van der Waals surface area (Å²) in [6, 6.07) is 8.40. The number of urea groups is 1. The SMILES string of the molecule is COc1ccc(C#N)cc1CN1CC[C@H]2[C@@H](C1)NC(=O)N2C(C)C. The van der Waals surface area contributed by atoms with Crippen LogP contribution in [-0.4, -0.2) is 54.2 Å². The van der Waals surface area contributed by atoms with Crippen molar-refractivity contribution in [2.24, 2.45) is 0 Å². The van der Waals surface area contributed by atoms with Gasteiger partial charge in [-0.05, 0) is 38.5 Å². The van der Waals surface area contributed by atoms with Crippen LogP contribution >= 0.6 is 0 Å². The second-order valence-corrected chi connectivity index (χ2v) is 6.79. The number of nitrogens with zero attached hydrogens (tertiary/aromatic N) is 3. The Bertz CT molecular complexity index is 667. The molecule has 1 N–H and O–H groups in total. The van der Waals surface area contributed by atoms with Crippen LogP contribution in [0.2, 0.25) is 0 Å². The summed E-state index contributed by atoms with van der Waals surface area (Å²) in [6.45, 7) is 6.59. The van der Waals surface area contributed by atoms with Crippen LogP contribution in [-0.2, 0) is 6.54 Å². The Morgan fingerprint density at radius 2 is 2.25 bits per heavy atom. The first-order chi connectivity index (χ1) is 11.5. The predicted molar refractivity (Wildman–Crippen MR) is 90.7 cm³/mol. The minimum atomic E-state index is 0.0471. The Labute approximate surface area is 143 Å². The number of benzene rings is 1. The number of fused-ring (bicyclic) bond motifs is 1. The number of hydrogen-bond donors (Lipinski definition) is 1. The molecule has 0 aliphatic carbocycles. The molecule has 24 heavy (non-hydrogen) atoms. The van der Waals surface area contributed by atoms with Crippen LogP contribution in [0.15, 0.2) is 18.2 Å². The van der Waals surface area contributed by atoms with Crippen molar-refractivity contribution in [1.29, 1.82) is 5.26 Å². The van der Waals surface area contributed by atoms with Crippen molar-refractivity contribution in [2.45, 2.75) is 44.9 Å². The van der Waals surface area contributed by atoms with E-state index in [1.807, 2.05) is 17.0 Å². The summed E-state index contributed by atoms with van der Waals surface area (Å²) in [6.07, 6.45) is 0.960. The van der Waals surface area contributed by atoms with Gasteiger partial charge in [-0.1, -0.05) is 0 Å². The summed E-state index contributed by atoms with van der Waals surface area (Å²) in [5, 5.41) is 12.2. The van der Waals surface area contributed by atoms with Crippen LogP contribution in [0, 0.1) is 11.3 Å². The van der Waals surface area contributed by atoms with Gasteiger partial charge >= 0.3 is 6.03 Å². The summed E-state index contributed by atoms with van der Waals surface area (Å²) in [5.74, 6) is 0.801. The molecule has 128 valence electrons. The zero-order valence-electron chi connectivity index (χ0n) is 14.5. The Morgan fingerprint density at radius 3 is 2.92 bits per heavy atom. The third-order valence-corrected chi connectivity index (χ3v) is 4.92. The molecule has 0 aromatic heterocycles. The van der Waals surface area contributed by atoms with Crippen LogP contribution < -0.4 is 10.1 Å². The Kier molecular flexibility index (Phi) is 4.63. The highest BCUT2D eigenvalue weighted by Crippen LogP contribution is 2.27. The lowest BCUT2D eigenvalue weighted by Gasteiger charge is -2.38. The van der Waals surface area contributed by atoms with Crippen LogP contribution in [0.4, 0.5) is 4.79 Å². The summed E-state index contributed by atoms with van der Waals surface area (Å²) in [5.41, 5.74) is 1.65. The standard InChI is InChI=1S/C18H24N4O2/c1-12(2)22-16-6-7-21(11-15(16)20-18(22)23)10-14-8-13(9-19)4-5-17(14)24-3/h4-5,8,12,15-16H,6-7,10-11H2,1-3H3,(H,20,23)/t15-,16+/m1/s1. The number of nitriles is 1. The van der Waals surface area contributed by atoms with Crippen LogP contribution in [0.1, 0.15) is 31.4 Å². The van der Waals surface area contributed by atoms with Gasteiger partial charge in [-0.2, -0.15) is 5.26 Å². The van der Waals surface area contributed by atoms with Crippen LogP contribution in [0.3, 0.4) is 0 Å². The van der Waals surface area contributed by atoms with E-state index in [0.717, 1.165) is 37.4 Å². The number of carbonyl (C=O) groups excluding carboxylic acids is 1. The van der Waals surface area contributed by atoms with E-state index in [9.17, 15) is 4.79 Å². The molecule has 6 nitrogen and oxygen atoms in total. The number of rotatable bonds is 4. The minimum absolute atomic E-state index is 0.0471. The van der Waals surface area contributed by atoms with E-state index in [1.165, 1.54) is 0 Å². The lowest BCUT2D eigenvalue weighted by Crippen LogP contribution is -2.51. The lowest BCUT2D eigenvalue weighted by molar-refractivity contribution is 0.121. The van der Waals surface area contributed by atoms with Gasteiger partial charge < -0.3 is 15.0 Å². The van der Waals surface area contributed by atoms with Gasteiger partial charge in [0, 0.05) is 31.2 Å². The van der Waals surface area contributed by atoms with Crippen molar-refractivity contribution in [3.8, 4) is 11.8 Å². The van der Waals surface area contributed by atoms with E-state index in [0.29, 0.717) is 5.56 Å². The maximum atomic E-state index is 12.2. The van der Waals surface area contributed by atoms with Crippen molar-refractivity contribution in [3.05, 3.63) is 29.3 Å². The van der Waals surface area contributed by atoms with Gasteiger partial charge in [0.25, 0.3) is 0 Å². The Hall–Kier alpha value is -2.26. The molecule has 1 aromatic rings. The highest BCUT2D eigenvalue weighted by atomic mass is 16.5. The molecular formula is C18H24N4O2. The molecule has 6 heteroatoms. The molecule has 2 amide bonds. The molecule has 2 saturated heterocycles. The smallest absolute Gasteiger partial charge is 0.318 e. The van der Waals surface area contributed by atoms with Crippen molar-refractivity contribution in [1.82, 2.24) is 15.1 Å². The van der Waals surface area contributed by atoms with Crippen molar-refractivity contribution < 1.29 is 9.53 Å². The van der Waals surface area contributed by atoms with E-state index in [4.69, 9.17) is 10.00 Å². The highest BCUT2D eigenvalue weighted by molar-refractivity contribution is 5.78. The first kappa shape index (κ1) is 16.6. The number of piperidine rings is 1. The largest absolute Gasteiger partial charge is 0.496 e. The predicted octanol–water partition coefficient (Wildman–Crippen LogP) is 1.94. The zero-order chi connectivity index (χ0) is 17.3. The Balaban J connectivity index is 1.72. The van der Waals surface area contributed by atoms with E-state index < -0.39 is 0 Å². The van der Waals surface area contributed by atoms with Gasteiger partial charge in [-0.3, -0.25) is 4.90 Å².